The highest BCUT2D eigenvalue weighted by atomic mass is 32.1. The Hall–Kier alpha value is -7.79. The Kier molecular flexibility index (Phi) is 7.69. The van der Waals surface area contributed by atoms with Gasteiger partial charge in [0.2, 0.25) is 0 Å². The topological polar surface area (TPSA) is 38.7 Å². The van der Waals surface area contributed by atoms with E-state index >= 15 is 0 Å². The average molecular weight is 806 g/mol. The summed E-state index contributed by atoms with van der Waals surface area (Å²) in [6.07, 6.45) is 0. The molecule has 2 heterocycles. The maximum Gasteiger partial charge on any atom is 0.164 e. The molecule has 0 fully saturated rings. The summed E-state index contributed by atoms with van der Waals surface area (Å²) < 4.78 is 2.47. The average Bonchev–Trinajstić information content (AvgIpc) is 3.99. The zero-order valence-electron chi connectivity index (χ0n) is 33.5. The zero-order chi connectivity index (χ0) is 40.8. The molecule has 0 unspecified atom stereocenters. The van der Waals surface area contributed by atoms with Gasteiger partial charge in [0, 0.05) is 36.9 Å². The van der Waals surface area contributed by atoms with Gasteiger partial charge >= 0.3 is 0 Å². The fourth-order valence-electron chi connectivity index (χ4n) is 10.3. The van der Waals surface area contributed by atoms with Crippen LogP contribution in [0.5, 0.6) is 0 Å². The molecule has 0 bridgehead atoms. The molecule has 62 heavy (non-hydrogen) atoms. The van der Waals surface area contributed by atoms with Crippen molar-refractivity contribution >= 4 is 31.5 Å². The highest BCUT2D eigenvalue weighted by Gasteiger charge is 2.51. The number of hydrogen-bond donors (Lipinski definition) is 0. The van der Waals surface area contributed by atoms with E-state index in [2.05, 4.69) is 194 Å². The summed E-state index contributed by atoms with van der Waals surface area (Å²) in [6, 6.07) is 76.8. The van der Waals surface area contributed by atoms with E-state index in [-0.39, 0.29) is 5.41 Å². The molecule has 0 N–H and O–H groups in total. The fourth-order valence-corrected chi connectivity index (χ4v) is 11.5. The van der Waals surface area contributed by atoms with Gasteiger partial charge in [0.15, 0.2) is 17.5 Å². The summed E-state index contributed by atoms with van der Waals surface area (Å²) in [5.41, 5.74) is 18.0. The molecule has 0 aliphatic heterocycles. The predicted octanol–water partition coefficient (Wildman–Crippen LogP) is 14.9. The Morgan fingerprint density at radius 1 is 0.290 bits per heavy atom. The lowest BCUT2D eigenvalue weighted by Gasteiger charge is -2.30. The molecule has 11 aromatic rings. The van der Waals surface area contributed by atoms with Gasteiger partial charge in [-0.25, -0.2) is 15.0 Å². The van der Waals surface area contributed by atoms with Gasteiger partial charge in [0.1, 0.15) is 0 Å². The van der Waals surface area contributed by atoms with Crippen LogP contribution in [0.2, 0.25) is 0 Å². The van der Waals surface area contributed by atoms with Crippen molar-refractivity contribution in [2.75, 3.05) is 0 Å². The second-order valence-electron chi connectivity index (χ2n) is 16.2. The maximum absolute atomic E-state index is 5.16. The second kappa shape index (κ2) is 13.6. The summed E-state index contributed by atoms with van der Waals surface area (Å²) in [5.74, 6) is 1.98. The molecule has 0 atom stereocenters. The van der Waals surface area contributed by atoms with Crippen LogP contribution in [0.4, 0.5) is 0 Å². The van der Waals surface area contributed by atoms with Crippen LogP contribution < -0.4 is 0 Å². The van der Waals surface area contributed by atoms with Gasteiger partial charge in [-0.3, -0.25) is 0 Å². The van der Waals surface area contributed by atoms with E-state index in [1.54, 1.807) is 11.3 Å². The summed E-state index contributed by atoms with van der Waals surface area (Å²) in [4.78, 5) is 15.3. The van der Waals surface area contributed by atoms with Crippen molar-refractivity contribution in [2.24, 2.45) is 0 Å². The molecule has 4 heteroatoms. The number of thiophene rings is 1. The van der Waals surface area contributed by atoms with E-state index < -0.39 is 0 Å². The number of aromatic nitrogens is 3. The zero-order valence-corrected chi connectivity index (χ0v) is 34.3. The van der Waals surface area contributed by atoms with Crippen molar-refractivity contribution in [1.29, 1.82) is 0 Å². The van der Waals surface area contributed by atoms with Crippen molar-refractivity contribution in [3.63, 3.8) is 0 Å². The van der Waals surface area contributed by atoms with Crippen molar-refractivity contribution in [2.45, 2.75) is 5.41 Å². The molecule has 0 amide bonds. The highest BCUT2D eigenvalue weighted by Crippen LogP contribution is 2.64. The van der Waals surface area contributed by atoms with Gasteiger partial charge in [-0.15, -0.1) is 11.3 Å². The SMILES string of the molecule is c1ccc(-c2nc(-c3ccc(-c4ccc(-c5cccc6c5-c5ccccc5C65c6ccccc6-c6ccccc65)cc4)cc3)nc(-c3cccc4sc5ccccc5c34)n2)cc1. The first-order chi connectivity index (χ1) is 30.7. The molecule has 2 aromatic heterocycles. The van der Waals surface area contributed by atoms with E-state index in [1.165, 1.54) is 75.8 Å². The Morgan fingerprint density at radius 2 is 0.742 bits per heavy atom. The largest absolute Gasteiger partial charge is 0.208 e. The highest BCUT2D eigenvalue weighted by molar-refractivity contribution is 7.25. The Labute approximate surface area is 363 Å². The lowest BCUT2D eigenvalue weighted by atomic mass is 9.70. The van der Waals surface area contributed by atoms with E-state index in [9.17, 15) is 0 Å². The third-order valence-corrected chi connectivity index (χ3v) is 14.1. The third kappa shape index (κ3) is 5.08. The second-order valence-corrected chi connectivity index (χ2v) is 17.3. The number of rotatable bonds is 5. The van der Waals surface area contributed by atoms with Gasteiger partial charge < -0.3 is 0 Å². The van der Waals surface area contributed by atoms with Crippen LogP contribution in [0.15, 0.2) is 212 Å². The molecule has 3 nitrogen and oxygen atoms in total. The number of benzene rings is 9. The van der Waals surface area contributed by atoms with Crippen LogP contribution in [0, 0.1) is 0 Å². The van der Waals surface area contributed by atoms with Crippen LogP contribution in [0.25, 0.3) is 98.8 Å². The fraction of sp³-hybridized carbons (Fsp3) is 0.0172. The Bertz CT molecular complexity index is 3520. The van der Waals surface area contributed by atoms with E-state index in [1.807, 2.05) is 18.2 Å². The standard InChI is InChI=1S/C58H35N3S/c1-2-14-39(15-3-1)55-59-56(61-57(60-55)46-21-13-27-52-54(46)45-19-7-11-26-51(45)62-52)40-34-30-37(31-35-40)36-28-32-38(33-29-36)41-20-12-25-50-53(41)44-18-6-10-24-49(44)58(50)47-22-8-4-16-42(47)43-17-5-9-23-48(43)58/h1-35H. The molecule has 0 radical (unpaired) electrons. The normalized spacial score (nSPS) is 13.0. The van der Waals surface area contributed by atoms with Crippen LogP contribution in [0.1, 0.15) is 22.3 Å². The Balaban J connectivity index is 0.880. The van der Waals surface area contributed by atoms with Crippen molar-refractivity contribution in [3.8, 4) is 78.7 Å². The molecule has 2 aliphatic rings. The first-order valence-corrected chi connectivity index (χ1v) is 21.9. The lowest BCUT2D eigenvalue weighted by molar-refractivity contribution is 0.794. The van der Waals surface area contributed by atoms with E-state index in [4.69, 9.17) is 15.0 Å². The monoisotopic (exact) mass is 805 g/mol. The summed E-state index contributed by atoms with van der Waals surface area (Å²) in [6.45, 7) is 0. The Morgan fingerprint density at radius 3 is 1.44 bits per heavy atom. The minimum atomic E-state index is -0.358. The molecule has 9 aromatic carbocycles. The summed E-state index contributed by atoms with van der Waals surface area (Å²) >= 11 is 1.80. The number of hydrogen-bond acceptors (Lipinski definition) is 4. The first-order valence-electron chi connectivity index (χ1n) is 21.1. The van der Waals surface area contributed by atoms with E-state index in [0.29, 0.717) is 17.5 Å². The maximum atomic E-state index is 5.16. The summed E-state index contributed by atoms with van der Waals surface area (Å²) in [7, 11) is 0. The lowest BCUT2D eigenvalue weighted by Crippen LogP contribution is -2.25. The van der Waals surface area contributed by atoms with Gasteiger partial charge in [-0.1, -0.05) is 200 Å². The van der Waals surface area contributed by atoms with Gasteiger partial charge in [-0.2, -0.15) is 0 Å². The smallest absolute Gasteiger partial charge is 0.164 e. The predicted molar refractivity (Wildman–Crippen MR) is 256 cm³/mol. The van der Waals surface area contributed by atoms with Crippen LogP contribution in [-0.2, 0) is 5.41 Å². The van der Waals surface area contributed by atoms with Crippen LogP contribution in [-0.4, -0.2) is 15.0 Å². The minimum absolute atomic E-state index is 0.358. The quantitative estimate of drug-likeness (QED) is 0.174. The van der Waals surface area contributed by atoms with Gasteiger partial charge in [0.25, 0.3) is 0 Å². The molecule has 0 saturated heterocycles. The van der Waals surface area contributed by atoms with Gasteiger partial charge in [0.05, 0.1) is 5.41 Å². The summed E-state index contributed by atoms with van der Waals surface area (Å²) in [5, 5.41) is 2.40. The van der Waals surface area contributed by atoms with Gasteiger partial charge in [-0.05, 0) is 78.9 Å². The first kappa shape index (κ1) is 35.0. The number of nitrogens with zero attached hydrogens (tertiary/aromatic N) is 3. The molecule has 288 valence electrons. The molecular formula is C58H35N3S. The molecule has 2 aliphatic carbocycles. The molecule has 1 spiro atoms. The molecule has 13 rings (SSSR count). The van der Waals surface area contributed by atoms with Crippen LogP contribution in [0.3, 0.4) is 0 Å². The minimum Gasteiger partial charge on any atom is -0.208 e. The number of fused-ring (bicyclic) bond motifs is 13. The molecule has 0 saturated carbocycles. The van der Waals surface area contributed by atoms with Crippen molar-refractivity contribution in [1.82, 2.24) is 15.0 Å². The van der Waals surface area contributed by atoms with Crippen molar-refractivity contribution in [3.05, 3.63) is 235 Å². The molecular weight excluding hydrogens is 771 g/mol. The van der Waals surface area contributed by atoms with Crippen molar-refractivity contribution < 1.29 is 0 Å². The van der Waals surface area contributed by atoms with E-state index in [0.717, 1.165) is 27.8 Å². The third-order valence-electron chi connectivity index (χ3n) is 13.0. The van der Waals surface area contributed by atoms with Crippen LogP contribution >= 0.6 is 11.3 Å².